The van der Waals surface area contributed by atoms with E-state index in [-0.39, 0.29) is 17.2 Å². The minimum Gasteiger partial charge on any atom is -0.367 e. The van der Waals surface area contributed by atoms with Crippen molar-refractivity contribution in [2.24, 2.45) is 0 Å². The van der Waals surface area contributed by atoms with Gasteiger partial charge in [0.15, 0.2) is 0 Å². The van der Waals surface area contributed by atoms with Gasteiger partial charge in [-0.1, -0.05) is 0 Å². The Kier molecular flexibility index (Phi) is 1.43. The van der Waals surface area contributed by atoms with E-state index in [0.717, 1.165) is 6.42 Å². The molecule has 3 nitrogen and oxygen atoms in total. The zero-order valence-electron chi connectivity index (χ0n) is 8.16. The van der Waals surface area contributed by atoms with Crippen molar-refractivity contribution in [1.82, 2.24) is 5.06 Å². The average Bonchev–Trinajstić information content (AvgIpc) is 2.63. The van der Waals surface area contributed by atoms with Gasteiger partial charge in [0.1, 0.15) is 6.10 Å². The molecule has 3 heteroatoms. The molecule has 0 aliphatic carbocycles. The highest BCUT2D eigenvalue weighted by Gasteiger charge is 2.61. The second kappa shape index (κ2) is 2.03. The summed E-state index contributed by atoms with van der Waals surface area (Å²) < 4.78 is 5.50. The zero-order chi connectivity index (χ0) is 9.15. The SMILES string of the molecule is CC1(C)CC2OC2C(C)(C)N1O. The normalized spacial score (nSPS) is 43.8. The van der Waals surface area contributed by atoms with Crippen LogP contribution in [0.4, 0.5) is 0 Å². The van der Waals surface area contributed by atoms with Crippen molar-refractivity contribution in [3.8, 4) is 0 Å². The monoisotopic (exact) mass is 171 g/mol. The van der Waals surface area contributed by atoms with Crippen molar-refractivity contribution in [2.75, 3.05) is 0 Å². The van der Waals surface area contributed by atoms with Gasteiger partial charge < -0.3 is 9.94 Å². The number of rotatable bonds is 0. The third kappa shape index (κ3) is 0.934. The highest BCUT2D eigenvalue weighted by Crippen LogP contribution is 2.47. The lowest BCUT2D eigenvalue weighted by Crippen LogP contribution is -2.60. The Morgan fingerprint density at radius 1 is 1.33 bits per heavy atom. The Balaban J connectivity index is 2.26. The molecule has 2 aliphatic rings. The Labute approximate surface area is 73.3 Å². The summed E-state index contributed by atoms with van der Waals surface area (Å²) in [6, 6.07) is 0. The summed E-state index contributed by atoms with van der Waals surface area (Å²) >= 11 is 0. The van der Waals surface area contributed by atoms with Gasteiger partial charge in [0.2, 0.25) is 0 Å². The maximum atomic E-state index is 9.92. The lowest BCUT2D eigenvalue weighted by atomic mass is 9.82. The molecule has 0 radical (unpaired) electrons. The fourth-order valence-electron chi connectivity index (χ4n) is 2.40. The van der Waals surface area contributed by atoms with Crippen molar-refractivity contribution in [1.29, 1.82) is 0 Å². The van der Waals surface area contributed by atoms with Crippen LogP contribution >= 0.6 is 0 Å². The van der Waals surface area contributed by atoms with Gasteiger partial charge in [0.25, 0.3) is 0 Å². The first-order valence-corrected chi connectivity index (χ1v) is 4.50. The predicted octanol–water partition coefficient (Wildman–Crippen LogP) is 1.41. The second-order valence-electron chi connectivity index (χ2n) is 5.08. The smallest absolute Gasteiger partial charge is 0.104 e. The number of hydroxylamine groups is 2. The molecule has 2 rings (SSSR count). The molecule has 0 saturated carbocycles. The number of hydrogen-bond donors (Lipinski definition) is 1. The van der Waals surface area contributed by atoms with Crippen LogP contribution in [-0.4, -0.2) is 33.6 Å². The van der Waals surface area contributed by atoms with Gasteiger partial charge in [-0.25, -0.2) is 0 Å². The molecule has 0 aromatic heterocycles. The van der Waals surface area contributed by atoms with Crippen LogP contribution in [-0.2, 0) is 4.74 Å². The van der Waals surface area contributed by atoms with Gasteiger partial charge in [-0.3, -0.25) is 0 Å². The number of nitrogens with zero attached hydrogens (tertiary/aromatic N) is 1. The quantitative estimate of drug-likeness (QED) is 0.560. The highest BCUT2D eigenvalue weighted by atomic mass is 16.6. The van der Waals surface area contributed by atoms with Crippen molar-refractivity contribution in [3.63, 3.8) is 0 Å². The standard InChI is InChI=1S/C9H17NO2/c1-8(2)5-6-7(12-6)9(3,4)10(8)11/h6-7,11H,5H2,1-4H3. The second-order valence-corrected chi connectivity index (χ2v) is 5.08. The third-order valence-corrected chi connectivity index (χ3v) is 3.10. The molecule has 1 N–H and O–H groups in total. The molecular weight excluding hydrogens is 154 g/mol. The molecule has 0 bridgehead atoms. The Morgan fingerprint density at radius 2 is 1.92 bits per heavy atom. The van der Waals surface area contributed by atoms with Gasteiger partial charge in [-0.2, -0.15) is 5.06 Å². The van der Waals surface area contributed by atoms with Crippen molar-refractivity contribution >= 4 is 0 Å². The molecule has 0 aromatic rings. The van der Waals surface area contributed by atoms with Crippen LogP contribution in [0.15, 0.2) is 0 Å². The highest BCUT2D eigenvalue weighted by molar-refractivity contribution is 5.10. The number of ether oxygens (including phenoxy) is 1. The number of fused-ring (bicyclic) bond motifs is 1. The van der Waals surface area contributed by atoms with E-state index >= 15 is 0 Å². The summed E-state index contributed by atoms with van der Waals surface area (Å²) in [5.41, 5.74) is -0.381. The van der Waals surface area contributed by atoms with Gasteiger partial charge in [0.05, 0.1) is 11.6 Å². The molecule has 0 spiro atoms. The van der Waals surface area contributed by atoms with Crippen LogP contribution in [0, 0.1) is 0 Å². The average molecular weight is 171 g/mol. The summed E-state index contributed by atoms with van der Waals surface area (Å²) in [5.74, 6) is 0. The van der Waals surface area contributed by atoms with E-state index in [9.17, 15) is 5.21 Å². The van der Waals surface area contributed by atoms with E-state index < -0.39 is 0 Å². The topological polar surface area (TPSA) is 36.0 Å². The molecule has 2 saturated heterocycles. The van der Waals surface area contributed by atoms with Gasteiger partial charge in [0, 0.05) is 5.54 Å². The van der Waals surface area contributed by atoms with E-state index in [1.165, 1.54) is 5.06 Å². The third-order valence-electron chi connectivity index (χ3n) is 3.10. The summed E-state index contributed by atoms with van der Waals surface area (Å²) in [5, 5.41) is 11.4. The predicted molar refractivity (Wildman–Crippen MR) is 45.1 cm³/mol. The van der Waals surface area contributed by atoms with Crippen molar-refractivity contribution < 1.29 is 9.94 Å². The molecule has 2 heterocycles. The fraction of sp³-hybridized carbons (Fsp3) is 1.00. The lowest BCUT2D eigenvalue weighted by molar-refractivity contribution is -0.235. The van der Waals surface area contributed by atoms with Gasteiger partial charge >= 0.3 is 0 Å². The van der Waals surface area contributed by atoms with Crippen LogP contribution in [0.1, 0.15) is 34.1 Å². The molecule has 0 aromatic carbocycles. The molecule has 2 unspecified atom stereocenters. The van der Waals surface area contributed by atoms with Crippen LogP contribution in [0.2, 0.25) is 0 Å². The molecule has 70 valence electrons. The Morgan fingerprint density at radius 3 is 2.50 bits per heavy atom. The summed E-state index contributed by atoms with van der Waals surface area (Å²) in [4.78, 5) is 0. The maximum absolute atomic E-state index is 9.92. The molecular formula is C9H17NO2. The van der Waals surface area contributed by atoms with E-state index in [0.29, 0.717) is 6.10 Å². The van der Waals surface area contributed by atoms with E-state index in [2.05, 4.69) is 0 Å². The Hall–Kier alpha value is -0.120. The van der Waals surface area contributed by atoms with Crippen LogP contribution in [0.3, 0.4) is 0 Å². The van der Waals surface area contributed by atoms with Gasteiger partial charge in [-0.05, 0) is 34.1 Å². The zero-order valence-corrected chi connectivity index (χ0v) is 8.16. The summed E-state index contributed by atoms with van der Waals surface area (Å²) in [7, 11) is 0. The van der Waals surface area contributed by atoms with Crippen LogP contribution in [0.25, 0.3) is 0 Å². The number of piperidine rings is 1. The Bertz CT molecular complexity index is 213. The van der Waals surface area contributed by atoms with Crippen molar-refractivity contribution in [3.05, 3.63) is 0 Å². The van der Waals surface area contributed by atoms with E-state index in [1.54, 1.807) is 0 Å². The lowest BCUT2D eigenvalue weighted by Gasteiger charge is -2.46. The maximum Gasteiger partial charge on any atom is 0.104 e. The first-order valence-electron chi connectivity index (χ1n) is 4.50. The minimum atomic E-state index is -0.230. The molecule has 2 fully saturated rings. The number of hydrogen-bond acceptors (Lipinski definition) is 3. The summed E-state index contributed by atoms with van der Waals surface area (Å²) in [6.07, 6.45) is 1.53. The first kappa shape index (κ1) is 8.48. The first-order chi connectivity index (χ1) is 5.36. The molecule has 12 heavy (non-hydrogen) atoms. The van der Waals surface area contributed by atoms with Crippen LogP contribution in [0.5, 0.6) is 0 Å². The minimum absolute atomic E-state index is 0.152. The van der Waals surface area contributed by atoms with Crippen LogP contribution < -0.4 is 0 Å². The summed E-state index contributed by atoms with van der Waals surface area (Å²) in [6.45, 7) is 8.15. The van der Waals surface area contributed by atoms with E-state index in [1.807, 2.05) is 27.7 Å². The van der Waals surface area contributed by atoms with Crippen molar-refractivity contribution in [2.45, 2.75) is 57.4 Å². The fourth-order valence-corrected chi connectivity index (χ4v) is 2.40. The van der Waals surface area contributed by atoms with E-state index in [4.69, 9.17) is 4.74 Å². The molecule has 2 aliphatic heterocycles. The van der Waals surface area contributed by atoms with Gasteiger partial charge in [-0.15, -0.1) is 0 Å². The number of epoxide rings is 1. The molecule has 0 amide bonds. The molecule has 2 atom stereocenters. The largest absolute Gasteiger partial charge is 0.367 e.